The number of rotatable bonds is 8. The van der Waals surface area contributed by atoms with Crippen LogP contribution in [0.25, 0.3) is 0 Å². The van der Waals surface area contributed by atoms with Crippen LogP contribution in [0.2, 0.25) is 5.02 Å². The molecule has 0 spiro atoms. The fourth-order valence-corrected chi connectivity index (χ4v) is 3.60. The number of carbonyl (C=O) groups is 4. The summed E-state index contributed by atoms with van der Waals surface area (Å²) in [6, 6.07) is 11.2. The molecule has 0 aliphatic carbocycles. The Hall–Kier alpha value is -2.97. The van der Waals surface area contributed by atoms with Crippen molar-refractivity contribution in [2.45, 2.75) is 18.9 Å². The second-order valence-corrected chi connectivity index (χ2v) is 7.89. The van der Waals surface area contributed by atoms with E-state index in [2.05, 4.69) is 5.43 Å². The Kier molecular flexibility index (Phi) is 7.82. The highest BCUT2D eigenvalue weighted by atomic mass is 35.5. The average molecular weight is 481 g/mol. The number of benzene rings is 2. The third-order valence-electron chi connectivity index (χ3n) is 4.86. The molecule has 1 aliphatic rings. The number of hydrogen-bond donors (Lipinski definition) is 1. The first kappa shape index (κ1) is 23.7. The molecule has 32 heavy (non-hydrogen) atoms. The van der Waals surface area contributed by atoms with Gasteiger partial charge in [-0.15, -0.1) is 11.6 Å². The number of halogens is 3. The van der Waals surface area contributed by atoms with Gasteiger partial charge in [-0.3, -0.25) is 29.6 Å². The molecule has 3 rings (SSSR count). The Morgan fingerprint density at radius 1 is 1.16 bits per heavy atom. The number of nitrogens with zero attached hydrogens (tertiary/aromatic N) is 1. The van der Waals surface area contributed by atoms with E-state index in [1.54, 1.807) is 12.1 Å². The molecule has 0 radical (unpaired) electrons. The van der Waals surface area contributed by atoms with Gasteiger partial charge in [0.1, 0.15) is 5.82 Å². The second-order valence-electron chi connectivity index (χ2n) is 7.10. The normalized spacial score (nSPS) is 16.5. The van der Waals surface area contributed by atoms with E-state index in [1.807, 2.05) is 0 Å². The molecule has 1 aliphatic heterocycles. The number of ketones is 1. The third-order valence-corrected chi connectivity index (χ3v) is 5.41. The molecule has 1 N–H and O–H groups in total. The molecule has 2 atom stereocenters. The number of Topliss-reactive ketones (excluding diaryl/α,β-unsaturated/α-hetero) is 1. The van der Waals surface area contributed by atoms with Crippen LogP contribution in [-0.2, 0) is 14.3 Å². The summed E-state index contributed by atoms with van der Waals surface area (Å²) in [5, 5.41) is 1.24. The maximum absolute atomic E-state index is 13.1. The zero-order valence-electron chi connectivity index (χ0n) is 16.7. The Labute approximate surface area is 193 Å². The van der Waals surface area contributed by atoms with Crippen molar-refractivity contribution in [3.63, 3.8) is 0 Å². The topological polar surface area (TPSA) is 92.8 Å². The highest BCUT2D eigenvalue weighted by Gasteiger charge is 2.38. The van der Waals surface area contributed by atoms with Gasteiger partial charge in [-0.2, -0.15) is 0 Å². The van der Waals surface area contributed by atoms with Gasteiger partial charge in [-0.1, -0.05) is 23.7 Å². The molecular weight excluding hydrogens is 462 g/mol. The van der Waals surface area contributed by atoms with Crippen molar-refractivity contribution in [2.75, 3.05) is 12.4 Å². The molecular formula is C22H19Cl2FN2O5. The molecule has 2 aromatic rings. The minimum absolute atomic E-state index is 0.0501. The monoisotopic (exact) mass is 480 g/mol. The van der Waals surface area contributed by atoms with Gasteiger partial charge in [-0.05, 0) is 36.4 Å². The summed E-state index contributed by atoms with van der Waals surface area (Å²) in [4.78, 5) is 50.0. The first-order valence-electron chi connectivity index (χ1n) is 9.72. The van der Waals surface area contributed by atoms with Gasteiger partial charge in [0.25, 0.3) is 5.91 Å². The van der Waals surface area contributed by atoms with Crippen LogP contribution in [0.5, 0.6) is 0 Å². The quantitative estimate of drug-likeness (QED) is 0.355. The molecule has 0 unspecified atom stereocenters. The number of hydrogen-bond acceptors (Lipinski definition) is 5. The summed E-state index contributed by atoms with van der Waals surface area (Å²) in [5.74, 6) is -3.70. The van der Waals surface area contributed by atoms with Crippen LogP contribution in [0.1, 0.15) is 33.6 Å². The van der Waals surface area contributed by atoms with Crippen LogP contribution in [-0.4, -0.2) is 47.1 Å². The van der Waals surface area contributed by atoms with Crippen molar-refractivity contribution in [3.05, 3.63) is 70.5 Å². The number of esters is 1. The molecule has 1 saturated heterocycles. The highest BCUT2D eigenvalue weighted by Crippen LogP contribution is 2.21. The lowest BCUT2D eigenvalue weighted by Gasteiger charge is -2.20. The minimum Gasteiger partial charge on any atom is -0.454 e. The summed E-state index contributed by atoms with van der Waals surface area (Å²) < 4.78 is 18.5. The van der Waals surface area contributed by atoms with E-state index in [4.69, 9.17) is 27.9 Å². The van der Waals surface area contributed by atoms with E-state index in [1.165, 1.54) is 24.3 Å². The molecule has 1 heterocycles. The fraction of sp³-hybridized carbons (Fsp3) is 0.273. The van der Waals surface area contributed by atoms with Crippen LogP contribution < -0.4 is 5.43 Å². The highest BCUT2D eigenvalue weighted by molar-refractivity contribution is 6.33. The predicted molar refractivity (Wildman–Crippen MR) is 115 cm³/mol. The van der Waals surface area contributed by atoms with Crippen molar-refractivity contribution >= 4 is 46.8 Å². The Balaban J connectivity index is 1.63. The number of carbonyl (C=O) groups excluding carboxylic acids is 4. The van der Waals surface area contributed by atoms with Gasteiger partial charge >= 0.3 is 5.97 Å². The van der Waals surface area contributed by atoms with Crippen molar-refractivity contribution < 1.29 is 28.3 Å². The van der Waals surface area contributed by atoms with E-state index < -0.39 is 41.4 Å². The van der Waals surface area contributed by atoms with Gasteiger partial charge in [0.15, 0.2) is 6.10 Å². The standard InChI is InChI=1S/C22H19Cl2FN2O5/c23-10-9-18(20(29)13-5-7-15(25)8-6-13)32-22(31)14-11-19(28)27(12-14)26-21(30)16-3-1-2-4-17(16)24/h1-8,14,18H,9-12H2,(H,26,30)/t14-,18-/m0/s1. The molecule has 7 nitrogen and oxygen atoms in total. The van der Waals surface area contributed by atoms with Gasteiger partial charge in [0.05, 0.1) is 23.0 Å². The van der Waals surface area contributed by atoms with Crippen molar-refractivity contribution in [3.8, 4) is 0 Å². The van der Waals surface area contributed by atoms with Crippen molar-refractivity contribution in [2.24, 2.45) is 5.92 Å². The lowest BCUT2D eigenvalue weighted by atomic mass is 10.0. The molecule has 2 amide bonds. The lowest BCUT2D eigenvalue weighted by molar-refractivity contribution is -0.151. The van der Waals surface area contributed by atoms with Crippen molar-refractivity contribution in [1.82, 2.24) is 10.4 Å². The lowest BCUT2D eigenvalue weighted by Crippen LogP contribution is -2.43. The summed E-state index contributed by atoms with van der Waals surface area (Å²) in [7, 11) is 0. The molecule has 0 bridgehead atoms. The predicted octanol–water partition coefficient (Wildman–Crippen LogP) is 3.40. The van der Waals surface area contributed by atoms with Crippen LogP contribution >= 0.6 is 23.2 Å². The molecule has 2 aromatic carbocycles. The Bertz CT molecular complexity index is 1030. The molecule has 1 fully saturated rings. The van der Waals surface area contributed by atoms with Crippen LogP contribution in [0.15, 0.2) is 48.5 Å². The van der Waals surface area contributed by atoms with Crippen LogP contribution in [0.4, 0.5) is 4.39 Å². The molecule has 168 valence electrons. The van der Waals surface area contributed by atoms with E-state index in [9.17, 15) is 23.6 Å². The van der Waals surface area contributed by atoms with Gasteiger partial charge < -0.3 is 4.74 Å². The van der Waals surface area contributed by atoms with Crippen LogP contribution in [0.3, 0.4) is 0 Å². The first-order chi connectivity index (χ1) is 15.3. The summed E-state index contributed by atoms with van der Waals surface area (Å²) in [6.07, 6.45) is -1.32. The number of ether oxygens (including phenoxy) is 1. The maximum atomic E-state index is 13.1. The van der Waals surface area contributed by atoms with Crippen LogP contribution in [0, 0.1) is 11.7 Å². The number of amides is 2. The zero-order valence-corrected chi connectivity index (χ0v) is 18.2. The van der Waals surface area contributed by atoms with E-state index in [0.29, 0.717) is 0 Å². The SMILES string of the molecule is O=C(NN1C[C@@H](C(=O)O[C@@H](CCCl)C(=O)c2ccc(F)cc2)CC1=O)c1ccccc1Cl. The Morgan fingerprint density at radius 2 is 1.84 bits per heavy atom. The summed E-state index contributed by atoms with van der Waals surface area (Å²) in [5.41, 5.74) is 2.78. The van der Waals surface area contributed by atoms with E-state index in [0.717, 1.165) is 17.1 Å². The number of hydrazine groups is 1. The van der Waals surface area contributed by atoms with E-state index >= 15 is 0 Å². The van der Waals surface area contributed by atoms with Crippen molar-refractivity contribution in [1.29, 1.82) is 0 Å². The Morgan fingerprint density at radius 3 is 2.50 bits per heavy atom. The minimum atomic E-state index is -1.17. The van der Waals surface area contributed by atoms with Gasteiger partial charge in [0, 0.05) is 24.3 Å². The molecule has 0 aromatic heterocycles. The zero-order chi connectivity index (χ0) is 23.3. The average Bonchev–Trinajstić information content (AvgIpc) is 3.14. The second kappa shape index (κ2) is 10.6. The molecule has 10 heteroatoms. The first-order valence-corrected chi connectivity index (χ1v) is 10.6. The number of alkyl halides is 1. The smallest absolute Gasteiger partial charge is 0.312 e. The molecule has 0 saturated carbocycles. The van der Waals surface area contributed by atoms with Gasteiger partial charge in [0.2, 0.25) is 11.7 Å². The number of nitrogens with one attached hydrogen (secondary N) is 1. The fourth-order valence-electron chi connectivity index (χ4n) is 3.18. The maximum Gasteiger partial charge on any atom is 0.312 e. The third kappa shape index (κ3) is 5.63. The largest absolute Gasteiger partial charge is 0.454 e. The van der Waals surface area contributed by atoms with E-state index in [-0.39, 0.29) is 41.4 Å². The summed E-state index contributed by atoms with van der Waals surface area (Å²) >= 11 is 11.7. The summed E-state index contributed by atoms with van der Waals surface area (Å²) in [6.45, 7) is -0.119. The van der Waals surface area contributed by atoms with Gasteiger partial charge in [-0.25, -0.2) is 4.39 Å².